The number of nitrogens with two attached hydrogens (primary N) is 1. The number of nitro benzene ring substituents is 1. The van der Waals surface area contributed by atoms with E-state index in [1.165, 1.54) is 6.07 Å². The minimum Gasteiger partial charge on any atom is -0.377 e. The van der Waals surface area contributed by atoms with Crippen LogP contribution in [0, 0.1) is 10.1 Å². The van der Waals surface area contributed by atoms with Gasteiger partial charge in [-0.3, -0.25) is 10.1 Å². The van der Waals surface area contributed by atoms with E-state index in [0.717, 1.165) is 0 Å². The van der Waals surface area contributed by atoms with E-state index in [0.29, 0.717) is 30.0 Å². The molecule has 1 aliphatic rings. The third kappa shape index (κ3) is 2.48. The van der Waals surface area contributed by atoms with E-state index in [1.54, 1.807) is 12.1 Å². The fourth-order valence-corrected chi connectivity index (χ4v) is 2.40. The Balaban J connectivity index is 2.31. The molecule has 1 saturated heterocycles. The lowest BCUT2D eigenvalue weighted by Gasteiger charge is -2.27. The van der Waals surface area contributed by atoms with Crippen LogP contribution in [0.25, 0.3) is 0 Å². The normalized spacial score (nSPS) is 27.4. The zero-order valence-electron chi connectivity index (χ0n) is 10.1. The molecule has 2 rings (SSSR count). The Kier molecular flexibility index (Phi) is 3.56. The van der Waals surface area contributed by atoms with Gasteiger partial charge in [-0.05, 0) is 25.8 Å². The van der Waals surface area contributed by atoms with Crippen molar-refractivity contribution in [3.63, 3.8) is 0 Å². The second kappa shape index (κ2) is 4.84. The van der Waals surface area contributed by atoms with Crippen molar-refractivity contribution >= 4 is 17.3 Å². The van der Waals surface area contributed by atoms with Crippen molar-refractivity contribution in [1.29, 1.82) is 0 Å². The average molecular weight is 271 g/mol. The van der Waals surface area contributed by atoms with E-state index in [2.05, 4.69) is 0 Å². The molecule has 1 aliphatic heterocycles. The molecule has 0 bridgehead atoms. The Hall–Kier alpha value is -1.17. The molecule has 2 N–H and O–H groups in total. The van der Waals surface area contributed by atoms with Crippen molar-refractivity contribution in [3.05, 3.63) is 38.9 Å². The summed E-state index contributed by atoms with van der Waals surface area (Å²) in [5, 5.41) is 11.4. The Morgan fingerprint density at radius 1 is 1.67 bits per heavy atom. The predicted octanol–water partition coefficient (Wildman–Crippen LogP) is 2.30. The van der Waals surface area contributed by atoms with Crippen LogP contribution in [-0.2, 0) is 11.2 Å². The van der Waals surface area contributed by atoms with Gasteiger partial charge < -0.3 is 10.5 Å². The summed E-state index contributed by atoms with van der Waals surface area (Å²) in [4.78, 5) is 10.6. The Labute approximate surface area is 110 Å². The van der Waals surface area contributed by atoms with Gasteiger partial charge in [0.25, 0.3) is 5.69 Å². The van der Waals surface area contributed by atoms with Gasteiger partial charge in [-0.2, -0.15) is 0 Å². The molecule has 98 valence electrons. The van der Waals surface area contributed by atoms with Gasteiger partial charge in [0.2, 0.25) is 0 Å². The number of hydrogen-bond donors (Lipinski definition) is 1. The van der Waals surface area contributed by atoms with E-state index in [1.807, 2.05) is 6.92 Å². The molecule has 1 heterocycles. The van der Waals surface area contributed by atoms with Gasteiger partial charge in [-0.25, -0.2) is 0 Å². The van der Waals surface area contributed by atoms with E-state index in [4.69, 9.17) is 22.1 Å². The lowest BCUT2D eigenvalue weighted by molar-refractivity contribution is -0.385. The topological polar surface area (TPSA) is 78.4 Å². The molecule has 5 nitrogen and oxygen atoms in total. The summed E-state index contributed by atoms with van der Waals surface area (Å²) in [7, 11) is 0. The molecule has 18 heavy (non-hydrogen) atoms. The smallest absolute Gasteiger partial charge is 0.274 e. The minimum atomic E-state index is -0.543. The van der Waals surface area contributed by atoms with Crippen molar-refractivity contribution in [2.24, 2.45) is 5.73 Å². The van der Waals surface area contributed by atoms with Crippen LogP contribution in [0.3, 0.4) is 0 Å². The first-order valence-corrected chi connectivity index (χ1v) is 6.13. The van der Waals surface area contributed by atoms with Crippen molar-refractivity contribution in [3.8, 4) is 0 Å². The highest BCUT2D eigenvalue weighted by molar-refractivity contribution is 6.30. The average Bonchev–Trinajstić information content (AvgIpc) is 2.61. The molecule has 2 atom stereocenters. The van der Waals surface area contributed by atoms with Crippen molar-refractivity contribution in [2.45, 2.75) is 31.4 Å². The molecule has 0 aromatic heterocycles. The maximum atomic E-state index is 11.0. The van der Waals surface area contributed by atoms with E-state index in [-0.39, 0.29) is 11.8 Å². The van der Waals surface area contributed by atoms with Crippen LogP contribution in [0.2, 0.25) is 5.02 Å². The highest BCUT2D eigenvalue weighted by atomic mass is 35.5. The number of benzene rings is 1. The van der Waals surface area contributed by atoms with Gasteiger partial charge in [0.15, 0.2) is 0 Å². The minimum absolute atomic E-state index is 0.0198. The quantitative estimate of drug-likeness (QED) is 0.675. The number of nitro groups is 1. The number of rotatable bonds is 3. The Morgan fingerprint density at radius 3 is 2.94 bits per heavy atom. The first kappa shape index (κ1) is 13.3. The van der Waals surface area contributed by atoms with Crippen LogP contribution < -0.4 is 5.73 Å². The summed E-state index contributed by atoms with van der Waals surface area (Å²) in [5.41, 5.74) is 6.34. The van der Waals surface area contributed by atoms with Crippen LogP contribution in [-0.4, -0.2) is 23.2 Å². The van der Waals surface area contributed by atoms with Gasteiger partial charge in [0.05, 0.1) is 11.0 Å². The van der Waals surface area contributed by atoms with Gasteiger partial charge in [-0.1, -0.05) is 17.7 Å². The maximum absolute atomic E-state index is 11.0. The summed E-state index contributed by atoms with van der Waals surface area (Å²) in [6, 6.07) is 4.68. The molecule has 1 fully saturated rings. The Bertz CT molecular complexity index is 480. The number of ether oxygens (including phenoxy) is 1. The highest BCUT2D eigenvalue weighted by Gasteiger charge is 2.39. The van der Waals surface area contributed by atoms with Gasteiger partial charge >= 0.3 is 0 Å². The lowest BCUT2D eigenvalue weighted by atomic mass is 9.85. The van der Waals surface area contributed by atoms with Crippen LogP contribution in [0.15, 0.2) is 18.2 Å². The molecule has 6 heteroatoms. The largest absolute Gasteiger partial charge is 0.377 e. The van der Waals surface area contributed by atoms with Crippen molar-refractivity contribution < 1.29 is 9.66 Å². The monoisotopic (exact) mass is 270 g/mol. The fraction of sp³-hybridized carbons (Fsp3) is 0.500. The molecule has 1 aromatic rings. The maximum Gasteiger partial charge on any atom is 0.274 e. The summed E-state index contributed by atoms with van der Waals surface area (Å²) in [5.74, 6) is 0. The molecule has 2 unspecified atom stereocenters. The molecule has 0 radical (unpaired) electrons. The second-order valence-electron chi connectivity index (χ2n) is 4.70. The van der Waals surface area contributed by atoms with Crippen LogP contribution >= 0.6 is 11.6 Å². The summed E-state index contributed by atoms with van der Waals surface area (Å²) >= 11 is 5.78. The van der Waals surface area contributed by atoms with E-state index >= 15 is 0 Å². The third-order valence-electron chi connectivity index (χ3n) is 3.51. The number of halogens is 1. The van der Waals surface area contributed by atoms with Gasteiger partial charge in [0, 0.05) is 28.8 Å². The Morgan fingerprint density at radius 2 is 2.39 bits per heavy atom. The first-order chi connectivity index (χ1) is 8.42. The molecular weight excluding hydrogens is 256 g/mol. The summed E-state index contributed by atoms with van der Waals surface area (Å²) < 4.78 is 5.44. The predicted molar refractivity (Wildman–Crippen MR) is 68.8 cm³/mol. The standard InChI is InChI=1S/C12H15ClN2O3/c1-8-12(14,4-5-18-8)7-9-2-3-10(13)6-11(9)15(16)17/h2-3,6,8H,4-5,7,14H2,1H3. The highest BCUT2D eigenvalue weighted by Crippen LogP contribution is 2.31. The summed E-state index contributed by atoms with van der Waals surface area (Å²) in [6.45, 7) is 2.49. The van der Waals surface area contributed by atoms with Gasteiger partial charge in [-0.15, -0.1) is 0 Å². The zero-order valence-corrected chi connectivity index (χ0v) is 10.8. The molecule has 0 amide bonds. The molecule has 0 aliphatic carbocycles. The van der Waals surface area contributed by atoms with Crippen LogP contribution in [0.5, 0.6) is 0 Å². The number of nitrogens with zero attached hydrogens (tertiary/aromatic N) is 1. The van der Waals surface area contributed by atoms with E-state index < -0.39 is 10.5 Å². The molecule has 1 aromatic carbocycles. The third-order valence-corrected chi connectivity index (χ3v) is 3.74. The number of hydrogen-bond acceptors (Lipinski definition) is 4. The first-order valence-electron chi connectivity index (χ1n) is 5.76. The molecule has 0 saturated carbocycles. The van der Waals surface area contributed by atoms with Crippen molar-refractivity contribution in [2.75, 3.05) is 6.61 Å². The van der Waals surface area contributed by atoms with Crippen molar-refractivity contribution in [1.82, 2.24) is 0 Å². The second-order valence-corrected chi connectivity index (χ2v) is 5.14. The zero-order chi connectivity index (χ0) is 13.3. The van der Waals surface area contributed by atoms with E-state index in [9.17, 15) is 10.1 Å². The molecule has 0 spiro atoms. The van der Waals surface area contributed by atoms with Gasteiger partial charge in [0.1, 0.15) is 0 Å². The SMILES string of the molecule is CC1OCCC1(N)Cc1ccc(Cl)cc1[N+](=O)[O-]. The summed E-state index contributed by atoms with van der Waals surface area (Å²) in [6.07, 6.45) is 1.02. The van der Waals surface area contributed by atoms with Crippen LogP contribution in [0.4, 0.5) is 5.69 Å². The fourth-order valence-electron chi connectivity index (χ4n) is 2.24. The molecular formula is C12H15ClN2O3. The lowest BCUT2D eigenvalue weighted by Crippen LogP contribution is -2.48. The van der Waals surface area contributed by atoms with Crippen LogP contribution in [0.1, 0.15) is 18.9 Å².